The fraction of sp³-hybridized carbons (Fsp3) is 0.353. The molecule has 0 bridgehead atoms. The minimum atomic E-state index is -0.988. The Labute approximate surface area is 163 Å². The Kier molecular flexibility index (Phi) is 6.71. The zero-order chi connectivity index (χ0) is 19.4. The van der Waals surface area contributed by atoms with Gasteiger partial charge in [-0.05, 0) is 53.7 Å². The van der Waals surface area contributed by atoms with Crippen LogP contribution < -0.4 is 9.47 Å². The number of imide groups is 1. The first-order chi connectivity index (χ1) is 12.3. The van der Waals surface area contributed by atoms with E-state index in [1.165, 1.54) is 21.1 Å². The Morgan fingerprint density at radius 1 is 1.27 bits per heavy atom. The monoisotopic (exact) mass is 443 g/mol. The maximum absolute atomic E-state index is 12.6. The van der Waals surface area contributed by atoms with Gasteiger partial charge in [-0.15, -0.1) is 0 Å². The zero-order valence-corrected chi connectivity index (χ0v) is 17.1. The topological polar surface area (TPSA) is 82.1 Å². The highest BCUT2D eigenvalue weighted by atomic mass is 79.9. The number of rotatable bonds is 6. The smallest absolute Gasteiger partial charge is 0.329 e. The van der Waals surface area contributed by atoms with E-state index in [1.54, 1.807) is 25.1 Å². The minimum Gasteiger partial charge on any atom is -0.496 e. The second kappa shape index (κ2) is 8.59. The SMILES string of the molecule is CCOC(=O)[C@@H](C)N1C(=O)S/C(=C\c2cc(Br)c(OC)cc2OC)C1=O. The van der Waals surface area contributed by atoms with Crippen LogP contribution in [0.3, 0.4) is 0 Å². The molecule has 1 atom stereocenters. The third-order valence-electron chi connectivity index (χ3n) is 3.63. The fourth-order valence-electron chi connectivity index (χ4n) is 2.32. The Morgan fingerprint density at radius 3 is 2.50 bits per heavy atom. The molecule has 1 saturated heterocycles. The lowest BCUT2D eigenvalue weighted by Crippen LogP contribution is -2.42. The summed E-state index contributed by atoms with van der Waals surface area (Å²) in [5, 5.41) is -0.520. The van der Waals surface area contributed by atoms with E-state index < -0.39 is 23.2 Å². The van der Waals surface area contributed by atoms with Crippen molar-refractivity contribution in [2.45, 2.75) is 19.9 Å². The zero-order valence-electron chi connectivity index (χ0n) is 14.7. The Morgan fingerprint density at radius 2 is 1.92 bits per heavy atom. The van der Waals surface area contributed by atoms with E-state index in [9.17, 15) is 14.4 Å². The highest BCUT2D eigenvalue weighted by Crippen LogP contribution is 2.38. The van der Waals surface area contributed by atoms with Gasteiger partial charge in [0.25, 0.3) is 11.1 Å². The van der Waals surface area contributed by atoms with E-state index in [1.807, 2.05) is 0 Å². The number of benzene rings is 1. The van der Waals surface area contributed by atoms with Gasteiger partial charge in [0.2, 0.25) is 0 Å². The van der Waals surface area contributed by atoms with Gasteiger partial charge in [0, 0.05) is 11.6 Å². The lowest BCUT2D eigenvalue weighted by atomic mass is 10.1. The van der Waals surface area contributed by atoms with Crippen molar-refractivity contribution in [3.63, 3.8) is 0 Å². The molecule has 140 valence electrons. The van der Waals surface area contributed by atoms with Crippen LogP contribution in [0, 0.1) is 0 Å². The second-order valence-corrected chi connectivity index (χ2v) is 7.06. The lowest BCUT2D eigenvalue weighted by molar-refractivity contribution is -0.150. The van der Waals surface area contributed by atoms with Crippen molar-refractivity contribution in [1.82, 2.24) is 4.90 Å². The van der Waals surface area contributed by atoms with Crippen LogP contribution in [0.15, 0.2) is 21.5 Å². The molecule has 0 unspecified atom stereocenters. The van der Waals surface area contributed by atoms with Crippen LogP contribution in [0.2, 0.25) is 0 Å². The fourth-order valence-corrected chi connectivity index (χ4v) is 3.74. The van der Waals surface area contributed by atoms with Crippen molar-refractivity contribution >= 4 is 50.9 Å². The van der Waals surface area contributed by atoms with Gasteiger partial charge in [-0.25, -0.2) is 4.79 Å². The first kappa shape index (κ1) is 20.3. The summed E-state index contributed by atoms with van der Waals surface area (Å²) in [7, 11) is 3.02. The molecular formula is C17H18BrNO6S. The number of carbonyl (C=O) groups excluding carboxylic acids is 3. The number of hydrogen-bond donors (Lipinski definition) is 0. The number of halogens is 1. The molecule has 0 spiro atoms. The predicted octanol–water partition coefficient (Wildman–Crippen LogP) is 3.45. The van der Waals surface area contributed by atoms with E-state index in [0.717, 1.165) is 16.7 Å². The van der Waals surface area contributed by atoms with Gasteiger partial charge in [0.15, 0.2) is 0 Å². The van der Waals surface area contributed by atoms with Crippen LogP contribution in [0.25, 0.3) is 6.08 Å². The van der Waals surface area contributed by atoms with Crippen molar-refractivity contribution < 1.29 is 28.6 Å². The van der Waals surface area contributed by atoms with Crippen molar-refractivity contribution in [2.24, 2.45) is 0 Å². The van der Waals surface area contributed by atoms with Gasteiger partial charge < -0.3 is 14.2 Å². The molecule has 9 heteroatoms. The Bertz CT molecular complexity index is 779. The Hall–Kier alpha value is -2.00. The average Bonchev–Trinajstić information content (AvgIpc) is 2.88. The molecule has 1 fully saturated rings. The molecule has 0 aromatic heterocycles. The van der Waals surface area contributed by atoms with E-state index in [2.05, 4.69) is 15.9 Å². The summed E-state index contributed by atoms with van der Waals surface area (Å²) in [4.78, 5) is 37.8. The quantitative estimate of drug-likeness (QED) is 0.491. The lowest BCUT2D eigenvalue weighted by Gasteiger charge is -2.19. The van der Waals surface area contributed by atoms with Gasteiger partial charge >= 0.3 is 5.97 Å². The van der Waals surface area contributed by atoms with E-state index in [0.29, 0.717) is 21.5 Å². The number of amides is 2. The first-order valence-electron chi connectivity index (χ1n) is 7.69. The summed E-state index contributed by atoms with van der Waals surface area (Å²) in [6.07, 6.45) is 1.55. The number of thioether (sulfide) groups is 1. The summed E-state index contributed by atoms with van der Waals surface area (Å²) in [5.41, 5.74) is 0.592. The maximum Gasteiger partial charge on any atom is 0.329 e. The van der Waals surface area contributed by atoms with Crippen LogP contribution in [-0.2, 0) is 14.3 Å². The normalized spacial score (nSPS) is 16.8. The number of hydrogen-bond acceptors (Lipinski definition) is 7. The Balaban J connectivity index is 2.36. The molecule has 1 aromatic rings. The molecule has 26 heavy (non-hydrogen) atoms. The van der Waals surface area contributed by atoms with Crippen molar-refractivity contribution in [1.29, 1.82) is 0 Å². The third-order valence-corrected chi connectivity index (χ3v) is 5.13. The van der Waals surface area contributed by atoms with Crippen LogP contribution in [0.4, 0.5) is 4.79 Å². The number of ether oxygens (including phenoxy) is 3. The van der Waals surface area contributed by atoms with Crippen LogP contribution >= 0.6 is 27.7 Å². The van der Waals surface area contributed by atoms with Crippen LogP contribution in [0.1, 0.15) is 19.4 Å². The average molecular weight is 444 g/mol. The third kappa shape index (κ3) is 4.04. The van der Waals surface area contributed by atoms with Gasteiger partial charge in [-0.3, -0.25) is 14.5 Å². The van der Waals surface area contributed by atoms with Crippen molar-refractivity contribution in [3.8, 4) is 11.5 Å². The molecule has 1 heterocycles. The number of carbonyl (C=O) groups is 3. The van der Waals surface area contributed by atoms with Crippen molar-refractivity contribution in [2.75, 3.05) is 20.8 Å². The molecule has 0 radical (unpaired) electrons. The highest BCUT2D eigenvalue weighted by Gasteiger charge is 2.41. The van der Waals surface area contributed by atoms with Gasteiger partial charge in [0.05, 0.1) is 30.2 Å². The largest absolute Gasteiger partial charge is 0.496 e. The first-order valence-corrected chi connectivity index (χ1v) is 9.30. The van der Waals surface area contributed by atoms with Crippen molar-refractivity contribution in [3.05, 3.63) is 27.1 Å². The summed E-state index contributed by atoms with van der Waals surface area (Å²) in [6.45, 7) is 3.29. The second-order valence-electron chi connectivity index (χ2n) is 5.21. The predicted molar refractivity (Wildman–Crippen MR) is 101 cm³/mol. The molecule has 1 aromatic carbocycles. The molecule has 0 N–H and O–H groups in total. The summed E-state index contributed by atoms with van der Waals surface area (Å²) in [5.74, 6) is -0.117. The molecule has 2 amide bonds. The van der Waals surface area contributed by atoms with Gasteiger partial charge in [0.1, 0.15) is 17.5 Å². The molecule has 0 saturated carbocycles. The van der Waals surface area contributed by atoms with Crippen LogP contribution in [-0.4, -0.2) is 48.9 Å². The molecule has 1 aliphatic rings. The molecular weight excluding hydrogens is 426 g/mol. The maximum atomic E-state index is 12.6. The molecule has 1 aliphatic heterocycles. The number of esters is 1. The van der Waals surface area contributed by atoms with Gasteiger partial charge in [-0.1, -0.05) is 0 Å². The standard InChI is InChI=1S/C17H18BrNO6S/c1-5-25-16(21)9(2)19-15(20)14(26-17(19)22)7-10-6-11(18)13(24-4)8-12(10)23-3/h6-9H,5H2,1-4H3/b14-7-/t9-/m1/s1. The summed E-state index contributed by atoms with van der Waals surface area (Å²) in [6, 6.07) is 2.40. The van der Waals surface area contributed by atoms with Crippen LogP contribution in [0.5, 0.6) is 11.5 Å². The molecule has 2 rings (SSSR count). The highest BCUT2D eigenvalue weighted by molar-refractivity contribution is 9.10. The summed E-state index contributed by atoms with van der Waals surface area (Å²) >= 11 is 4.14. The van der Waals surface area contributed by atoms with E-state index in [4.69, 9.17) is 14.2 Å². The summed E-state index contributed by atoms with van der Waals surface area (Å²) < 4.78 is 16.1. The van der Waals surface area contributed by atoms with E-state index >= 15 is 0 Å². The van der Waals surface area contributed by atoms with Gasteiger partial charge in [-0.2, -0.15) is 0 Å². The molecule has 0 aliphatic carbocycles. The number of methoxy groups -OCH3 is 2. The number of nitrogens with zero attached hydrogens (tertiary/aromatic N) is 1. The van der Waals surface area contributed by atoms with E-state index in [-0.39, 0.29) is 11.5 Å². The minimum absolute atomic E-state index is 0.173. The molecule has 7 nitrogen and oxygen atoms in total.